The van der Waals surface area contributed by atoms with E-state index in [4.69, 9.17) is 15.0 Å². The molecule has 1 spiro atoms. The van der Waals surface area contributed by atoms with E-state index in [-0.39, 0.29) is 0 Å². The van der Waals surface area contributed by atoms with E-state index in [2.05, 4.69) is 140 Å². The highest BCUT2D eigenvalue weighted by atomic mass is 15.0. The molecule has 282 valence electrons. The number of hydrogen-bond donors (Lipinski definition) is 0. The highest BCUT2D eigenvalue weighted by molar-refractivity contribution is 6.12. The van der Waals surface area contributed by atoms with Crippen LogP contribution in [-0.4, -0.2) is 15.0 Å². The van der Waals surface area contributed by atoms with Gasteiger partial charge in [-0.1, -0.05) is 188 Å². The van der Waals surface area contributed by atoms with Gasteiger partial charge in [-0.2, -0.15) is 5.26 Å². The van der Waals surface area contributed by atoms with Crippen LogP contribution in [0.25, 0.3) is 89.4 Å². The molecule has 0 fully saturated rings. The summed E-state index contributed by atoms with van der Waals surface area (Å²) in [5.41, 5.74) is 17.6. The van der Waals surface area contributed by atoms with E-state index in [0.717, 1.165) is 33.4 Å². The minimum absolute atomic E-state index is 0.550. The van der Waals surface area contributed by atoms with Crippen LogP contribution in [0.2, 0.25) is 0 Å². The van der Waals surface area contributed by atoms with Crippen molar-refractivity contribution in [2.24, 2.45) is 0 Å². The number of aromatic nitrogens is 3. The molecule has 0 saturated heterocycles. The molecule has 10 aromatic rings. The SMILES string of the molecule is N#Cc1ccc(-c2cccc3c2-c2ccccc2C32c3ccccc3-c3c2cc(-c2ccc(-c4nc(-c5ccccc5)nc(-c5ccccc5)n4)cc2)c2ccccc32)cc1. The van der Waals surface area contributed by atoms with Gasteiger partial charge in [0.25, 0.3) is 0 Å². The van der Waals surface area contributed by atoms with Crippen molar-refractivity contribution < 1.29 is 0 Å². The average Bonchev–Trinajstić information content (AvgIpc) is 3.82. The molecule has 0 saturated carbocycles. The molecule has 0 amide bonds. The summed E-state index contributed by atoms with van der Waals surface area (Å²) in [4.78, 5) is 14.9. The Morgan fingerprint density at radius 2 is 0.770 bits per heavy atom. The zero-order valence-electron chi connectivity index (χ0n) is 32.9. The molecular formula is C57H34N4. The van der Waals surface area contributed by atoms with Crippen LogP contribution in [0.3, 0.4) is 0 Å². The van der Waals surface area contributed by atoms with Gasteiger partial charge in [-0.3, -0.25) is 0 Å². The molecule has 2 aliphatic rings. The Kier molecular flexibility index (Phi) is 7.78. The van der Waals surface area contributed by atoms with Crippen LogP contribution in [0, 0.1) is 11.3 Å². The lowest BCUT2D eigenvalue weighted by Gasteiger charge is -2.31. The fourth-order valence-corrected chi connectivity index (χ4v) is 9.98. The zero-order chi connectivity index (χ0) is 40.5. The Bertz CT molecular complexity index is 3350. The minimum Gasteiger partial charge on any atom is -0.208 e. The second-order valence-corrected chi connectivity index (χ2v) is 15.8. The van der Waals surface area contributed by atoms with Crippen LogP contribution in [0.1, 0.15) is 27.8 Å². The third-order valence-corrected chi connectivity index (χ3v) is 12.6. The lowest BCUT2D eigenvalue weighted by atomic mass is 9.69. The Morgan fingerprint density at radius 1 is 0.328 bits per heavy atom. The van der Waals surface area contributed by atoms with Crippen molar-refractivity contribution in [1.82, 2.24) is 15.0 Å². The predicted octanol–water partition coefficient (Wildman–Crippen LogP) is 13.6. The maximum atomic E-state index is 9.60. The third kappa shape index (κ3) is 5.21. The van der Waals surface area contributed by atoms with E-state index in [9.17, 15) is 5.26 Å². The number of fused-ring (bicyclic) bond motifs is 12. The Morgan fingerprint density at radius 3 is 1.38 bits per heavy atom. The lowest BCUT2D eigenvalue weighted by molar-refractivity contribution is 0.795. The van der Waals surface area contributed by atoms with E-state index < -0.39 is 5.41 Å². The second kappa shape index (κ2) is 13.7. The summed E-state index contributed by atoms with van der Waals surface area (Å²) in [6, 6.07) is 75.2. The summed E-state index contributed by atoms with van der Waals surface area (Å²) in [5, 5.41) is 12.0. The van der Waals surface area contributed by atoms with E-state index in [1.165, 1.54) is 60.8 Å². The van der Waals surface area contributed by atoms with Gasteiger partial charge < -0.3 is 0 Å². The summed E-state index contributed by atoms with van der Waals surface area (Å²) in [6.07, 6.45) is 0. The molecule has 12 rings (SSSR count). The predicted molar refractivity (Wildman–Crippen MR) is 246 cm³/mol. The molecule has 0 N–H and O–H groups in total. The van der Waals surface area contributed by atoms with Crippen LogP contribution < -0.4 is 0 Å². The molecule has 9 aromatic carbocycles. The number of benzene rings is 9. The maximum absolute atomic E-state index is 9.60. The first-order chi connectivity index (χ1) is 30.2. The van der Waals surface area contributed by atoms with E-state index >= 15 is 0 Å². The molecule has 2 aliphatic carbocycles. The molecule has 1 atom stereocenters. The van der Waals surface area contributed by atoms with Crippen LogP contribution >= 0.6 is 0 Å². The summed E-state index contributed by atoms with van der Waals surface area (Å²) < 4.78 is 0. The van der Waals surface area contributed by atoms with Gasteiger partial charge in [0.1, 0.15) is 0 Å². The molecule has 0 radical (unpaired) electrons. The summed E-state index contributed by atoms with van der Waals surface area (Å²) in [5.74, 6) is 1.91. The van der Waals surface area contributed by atoms with Crippen LogP contribution in [-0.2, 0) is 5.41 Å². The van der Waals surface area contributed by atoms with Gasteiger partial charge >= 0.3 is 0 Å². The smallest absolute Gasteiger partial charge is 0.164 e. The Hall–Kier alpha value is -8.26. The molecule has 0 aliphatic heterocycles. The van der Waals surface area contributed by atoms with Crippen LogP contribution in [0.15, 0.2) is 206 Å². The van der Waals surface area contributed by atoms with E-state index in [1.807, 2.05) is 72.8 Å². The maximum Gasteiger partial charge on any atom is 0.164 e. The van der Waals surface area contributed by atoms with Gasteiger partial charge in [0.15, 0.2) is 17.5 Å². The molecule has 0 bridgehead atoms. The molecule has 1 unspecified atom stereocenters. The van der Waals surface area contributed by atoms with Gasteiger partial charge in [0.2, 0.25) is 0 Å². The van der Waals surface area contributed by atoms with Gasteiger partial charge in [-0.05, 0) is 95.7 Å². The zero-order valence-corrected chi connectivity index (χ0v) is 32.9. The molecular weight excluding hydrogens is 741 g/mol. The molecule has 4 nitrogen and oxygen atoms in total. The first-order valence-electron chi connectivity index (χ1n) is 20.6. The Labute approximate surface area is 353 Å². The van der Waals surface area contributed by atoms with Gasteiger partial charge in [0.05, 0.1) is 17.0 Å². The van der Waals surface area contributed by atoms with E-state index in [0.29, 0.717) is 23.0 Å². The molecule has 1 aromatic heterocycles. The lowest BCUT2D eigenvalue weighted by Crippen LogP contribution is -2.26. The van der Waals surface area contributed by atoms with Crippen molar-refractivity contribution in [3.05, 3.63) is 234 Å². The van der Waals surface area contributed by atoms with Crippen LogP contribution in [0.5, 0.6) is 0 Å². The highest BCUT2D eigenvalue weighted by Crippen LogP contribution is 2.65. The second-order valence-electron chi connectivity index (χ2n) is 15.8. The standard InChI is InChI=1S/C57H34N4/c58-35-36-26-28-37(29-27-36)42-22-13-25-50-52(42)45-20-9-11-23-48(45)57(50)49-24-12-10-21-46(49)53-44-19-8-7-18-43(44)47(34-51(53)57)38-30-32-41(33-31-38)56-60-54(39-14-3-1-4-15-39)59-55(61-56)40-16-5-2-6-17-40/h1-34H. The van der Waals surface area contributed by atoms with Crippen molar-refractivity contribution in [3.8, 4) is 84.7 Å². The van der Waals surface area contributed by atoms with Gasteiger partial charge in [-0.25, -0.2) is 15.0 Å². The average molecular weight is 775 g/mol. The quantitative estimate of drug-likeness (QED) is 0.175. The summed E-state index contributed by atoms with van der Waals surface area (Å²) >= 11 is 0. The first kappa shape index (κ1) is 34.8. The number of nitrogens with zero attached hydrogens (tertiary/aromatic N) is 4. The van der Waals surface area contributed by atoms with Gasteiger partial charge in [-0.15, -0.1) is 0 Å². The fraction of sp³-hybridized carbons (Fsp3) is 0.0175. The fourth-order valence-electron chi connectivity index (χ4n) is 9.98. The summed E-state index contributed by atoms with van der Waals surface area (Å²) in [7, 11) is 0. The van der Waals surface area contributed by atoms with E-state index in [1.54, 1.807) is 0 Å². The van der Waals surface area contributed by atoms with Crippen molar-refractivity contribution in [1.29, 1.82) is 5.26 Å². The van der Waals surface area contributed by atoms with Crippen molar-refractivity contribution in [2.45, 2.75) is 5.41 Å². The first-order valence-corrected chi connectivity index (χ1v) is 20.6. The number of nitriles is 1. The number of rotatable bonds is 5. The van der Waals surface area contributed by atoms with Crippen molar-refractivity contribution >= 4 is 10.8 Å². The number of hydrogen-bond acceptors (Lipinski definition) is 4. The highest BCUT2D eigenvalue weighted by Gasteiger charge is 2.52. The van der Waals surface area contributed by atoms with Crippen LogP contribution in [0.4, 0.5) is 0 Å². The largest absolute Gasteiger partial charge is 0.208 e. The summed E-state index contributed by atoms with van der Waals surface area (Å²) in [6.45, 7) is 0. The Balaban J connectivity index is 1.07. The monoisotopic (exact) mass is 774 g/mol. The molecule has 1 heterocycles. The van der Waals surface area contributed by atoms with Gasteiger partial charge in [0, 0.05) is 16.7 Å². The van der Waals surface area contributed by atoms with Crippen molar-refractivity contribution in [2.75, 3.05) is 0 Å². The molecule has 4 heteroatoms. The third-order valence-electron chi connectivity index (χ3n) is 12.6. The van der Waals surface area contributed by atoms with Crippen molar-refractivity contribution in [3.63, 3.8) is 0 Å². The minimum atomic E-state index is -0.550. The normalized spacial score (nSPS) is 14.3. The topological polar surface area (TPSA) is 62.5 Å². The molecule has 61 heavy (non-hydrogen) atoms.